The lowest BCUT2D eigenvalue weighted by molar-refractivity contribution is 0.0934. The van der Waals surface area contributed by atoms with Crippen LogP contribution in [0.2, 0.25) is 0 Å². The largest absolute Gasteiger partial charge is 0.497 e. The van der Waals surface area contributed by atoms with Crippen LogP contribution >= 0.6 is 0 Å². The highest BCUT2D eigenvalue weighted by Gasteiger charge is 2.19. The highest BCUT2D eigenvalue weighted by atomic mass is 16.5. The smallest absolute Gasteiger partial charge is 0.274 e. The minimum atomic E-state index is -0.247. The van der Waals surface area contributed by atoms with Crippen LogP contribution in [0.4, 0.5) is 0 Å². The average Bonchev–Trinajstić information content (AvgIpc) is 3.04. The first-order valence-corrected chi connectivity index (χ1v) is 8.02. The van der Waals surface area contributed by atoms with Crippen molar-refractivity contribution in [2.24, 2.45) is 0 Å². The van der Waals surface area contributed by atoms with Crippen LogP contribution in [0, 0.1) is 6.92 Å². The van der Waals surface area contributed by atoms with Crippen LogP contribution in [0.15, 0.2) is 54.6 Å². The summed E-state index contributed by atoms with van der Waals surface area (Å²) in [4.78, 5) is 12.6. The third kappa shape index (κ3) is 3.52. The van der Waals surface area contributed by atoms with E-state index in [1.165, 1.54) is 0 Å². The number of hydrogen-bond acceptors (Lipinski definition) is 4. The number of para-hydroxylation sites is 1. The SMILES string of the molecule is COc1ccc([C@H](C)NC(=O)c2nnn(-c3ccccc3)c2C)cc1. The number of nitrogens with zero attached hydrogens (tertiary/aromatic N) is 3. The number of hydrogen-bond donors (Lipinski definition) is 1. The van der Waals surface area contributed by atoms with Crippen LogP contribution in [-0.4, -0.2) is 28.0 Å². The fourth-order valence-electron chi connectivity index (χ4n) is 2.59. The molecule has 25 heavy (non-hydrogen) atoms. The molecule has 1 heterocycles. The lowest BCUT2D eigenvalue weighted by Crippen LogP contribution is -2.27. The summed E-state index contributed by atoms with van der Waals surface area (Å²) >= 11 is 0. The molecule has 1 aromatic heterocycles. The molecule has 6 nitrogen and oxygen atoms in total. The van der Waals surface area contributed by atoms with Gasteiger partial charge in [-0.25, -0.2) is 4.68 Å². The first kappa shape index (κ1) is 16.7. The van der Waals surface area contributed by atoms with Gasteiger partial charge in [-0.15, -0.1) is 5.10 Å². The van der Waals surface area contributed by atoms with Gasteiger partial charge in [0, 0.05) is 0 Å². The van der Waals surface area contributed by atoms with Gasteiger partial charge in [0.25, 0.3) is 5.91 Å². The molecule has 1 N–H and O–H groups in total. The molecule has 2 aromatic carbocycles. The molecule has 3 aromatic rings. The van der Waals surface area contributed by atoms with E-state index in [1.807, 2.05) is 68.4 Å². The minimum absolute atomic E-state index is 0.153. The molecule has 0 aliphatic heterocycles. The van der Waals surface area contributed by atoms with Crippen LogP contribution < -0.4 is 10.1 Å². The molecule has 1 atom stereocenters. The van der Waals surface area contributed by atoms with Gasteiger partial charge in [0.05, 0.1) is 24.5 Å². The second kappa shape index (κ2) is 7.17. The number of aromatic nitrogens is 3. The van der Waals surface area contributed by atoms with Crippen molar-refractivity contribution in [2.75, 3.05) is 7.11 Å². The molecule has 0 aliphatic rings. The summed E-state index contributed by atoms with van der Waals surface area (Å²) in [7, 11) is 1.62. The van der Waals surface area contributed by atoms with Crippen molar-refractivity contribution in [3.63, 3.8) is 0 Å². The van der Waals surface area contributed by atoms with Gasteiger partial charge < -0.3 is 10.1 Å². The molecule has 0 saturated heterocycles. The third-order valence-corrected chi connectivity index (χ3v) is 4.07. The summed E-state index contributed by atoms with van der Waals surface area (Å²) in [5.41, 5.74) is 2.88. The Morgan fingerprint density at radius 3 is 2.44 bits per heavy atom. The molecule has 6 heteroatoms. The van der Waals surface area contributed by atoms with Gasteiger partial charge in [-0.3, -0.25) is 4.79 Å². The van der Waals surface area contributed by atoms with Crippen LogP contribution in [0.5, 0.6) is 5.75 Å². The van der Waals surface area contributed by atoms with Gasteiger partial charge in [0.15, 0.2) is 5.69 Å². The van der Waals surface area contributed by atoms with Crippen molar-refractivity contribution in [1.29, 1.82) is 0 Å². The van der Waals surface area contributed by atoms with E-state index in [0.29, 0.717) is 11.4 Å². The van der Waals surface area contributed by atoms with Gasteiger partial charge in [-0.05, 0) is 43.7 Å². The van der Waals surface area contributed by atoms with Crippen molar-refractivity contribution >= 4 is 5.91 Å². The van der Waals surface area contributed by atoms with E-state index < -0.39 is 0 Å². The lowest BCUT2D eigenvalue weighted by atomic mass is 10.1. The van der Waals surface area contributed by atoms with E-state index in [4.69, 9.17) is 4.74 Å². The molecule has 0 spiro atoms. The molecule has 3 rings (SSSR count). The predicted molar refractivity (Wildman–Crippen MR) is 95.0 cm³/mol. The molecular formula is C19H20N4O2. The summed E-state index contributed by atoms with van der Waals surface area (Å²) in [6, 6.07) is 17.1. The molecule has 0 radical (unpaired) electrons. The Kier molecular flexibility index (Phi) is 4.79. The number of amides is 1. The van der Waals surface area contributed by atoms with Crippen LogP contribution in [0.3, 0.4) is 0 Å². The Morgan fingerprint density at radius 1 is 1.12 bits per heavy atom. The quantitative estimate of drug-likeness (QED) is 0.777. The Labute approximate surface area is 146 Å². The van der Waals surface area contributed by atoms with Crippen LogP contribution in [-0.2, 0) is 0 Å². The lowest BCUT2D eigenvalue weighted by Gasteiger charge is -2.14. The van der Waals surface area contributed by atoms with Gasteiger partial charge in [-0.2, -0.15) is 0 Å². The van der Waals surface area contributed by atoms with Gasteiger partial charge in [-0.1, -0.05) is 35.5 Å². The summed E-state index contributed by atoms with van der Waals surface area (Å²) in [5.74, 6) is 0.534. The van der Waals surface area contributed by atoms with Crippen molar-refractivity contribution in [1.82, 2.24) is 20.3 Å². The second-order valence-corrected chi connectivity index (χ2v) is 5.74. The Hall–Kier alpha value is -3.15. The number of nitrogens with one attached hydrogen (secondary N) is 1. The number of rotatable bonds is 5. The van der Waals surface area contributed by atoms with Crippen molar-refractivity contribution in [3.8, 4) is 11.4 Å². The fraction of sp³-hybridized carbons (Fsp3) is 0.211. The van der Waals surface area contributed by atoms with Crippen LogP contribution in [0.1, 0.15) is 34.7 Å². The van der Waals surface area contributed by atoms with Crippen molar-refractivity contribution < 1.29 is 9.53 Å². The molecular weight excluding hydrogens is 316 g/mol. The minimum Gasteiger partial charge on any atom is -0.497 e. The summed E-state index contributed by atoms with van der Waals surface area (Å²) in [5, 5.41) is 11.1. The number of methoxy groups -OCH3 is 1. The molecule has 1 amide bonds. The fourth-order valence-corrected chi connectivity index (χ4v) is 2.59. The molecule has 0 aliphatic carbocycles. The Bertz CT molecular complexity index is 857. The molecule has 128 valence electrons. The number of benzene rings is 2. The standard InChI is InChI=1S/C19H20N4O2/c1-13(15-9-11-17(25-3)12-10-15)20-19(24)18-14(2)23(22-21-18)16-7-5-4-6-8-16/h4-13H,1-3H3,(H,20,24)/t13-/m0/s1. The van der Waals surface area contributed by atoms with E-state index >= 15 is 0 Å². The molecule has 0 unspecified atom stereocenters. The summed E-state index contributed by atoms with van der Waals surface area (Å²) < 4.78 is 6.81. The van der Waals surface area contributed by atoms with E-state index in [-0.39, 0.29) is 11.9 Å². The highest BCUT2D eigenvalue weighted by molar-refractivity contribution is 5.93. The van der Waals surface area contributed by atoms with E-state index in [2.05, 4.69) is 15.6 Å². The zero-order valence-corrected chi connectivity index (χ0v) is 14.4. The van der Waals surface area contributed by atoms with Crippen molar-refractivity contribution in [3.05, 3.63) is 71.5 Å². The van der Waals surface area contributed by atoms with Gasteiger partial charge in [0.2, 0.25) is 0 Å². The maximum absolute atomic E-state index is 12.6. The van der Waals surface area contributed by atoms with E-state index in [1.54, 1.807) is 11.8 Å². The van der Waals surface area contributed by atoms with E-state index in [9.17, 15) is 4.79 Å². The predicted octanol–water partition coefficient (Wildman–Crippen LogP) is 3.08. The Morgan fingerprint density at radius 2 is 1.80 bits per heavy atom. The maximum Gasteiger partial charge on any atom is 0.274 e. The van der Waals surface area contributed by atoms with Crippen LogP contribution in [0.25, 0.3) is 5.69 Å². The summed E-state index contributed by atoms with van der Waals surface area (Å²) in [6.45, 7) is 3.76. The highest BCUT2D eigenvalue weighted by Crippen LogP contribution is 2.18. The summed E-state index contributed by atoms with van der Waals surface area (Å²) in [6.07, 6.45) is 0. The number of carbonyl (C=O) groups excluding carboxylic acids is 1. The van der Waals surface area contributed by atoms with Gasteiger partial charge >= 0.3 is 0 Å². The van der Waals surface area contributed by atoms with Gasteiger partial charge in [0.1, 0.15) is 5.75 Å². The van der Waals surface area contributed by atoms with Crippen molar-refractivity contribution in [2.45, 2.75) is 19.9 Å². The monoisotopic (exact) mass is 336 g/mol. The average molecular weight is 336 g/mol. The molecule has 0 bridgehead atoms. The first-order valence-electron chi connectivity index (χ1n) is 8.02. The molecule has 0 fully saturated rings. The maximum atomic E-state index is 12.6. The second-order valence-electron chi connectivity index (χ2n) is 5.74. The normalized spacial score (nSPS) is 11.8. The topological polar surface area (TPSA) is 69.0 Å². The first-order chi connectivity index (χ1) is 12.1. The van der Waals surface area contributed by atoms with E-state index in [0.717, 1.165) is 17.0 Å². The number of carbonyl (C=O) groups is 1. The third-order valence-electron chi connectivity index (χ3n) is 4.07. The zero-order chi connectivity index (χ0) is 17.8. The zero-order valence-electron chi connectivity index (χ0n) is 14.4. The number of ether oxygens (including phenoxy) is 1. The Balaban J connectivity index is 1.76. The molecule has 0 saturated carbocycles.